The van der Waals surface area contributed by atoms with Crippen LogP contribution in [0.15, 0.2) is 18.2 Å². The highest BCUT2D eigenvalue weighted by molar-refractivity contribution is 5.95. The van der Waals surface area contributed by atoms with Crippen molar-refractivity contribution in [3.8, 4) is 5.69 Å². The zero-order valence-electron chi connectivity index (χ0n) is 10.9. The van der Waals surface area contributed by atoms with Gasteiger partial charge in [0.05, 0.1) is 0 Å². The Hall–Kier alpha value is -2.24. The molecule has 5 nitrogen and oxygen atoms in total. The number of rotatable bonds is 4. The highest BCUT2D eigenvalue weighted by Gasteiger charge is 2.13. The fourth-order valence-corrected chi connectivity index (χ4v) is 1.81. The number of amidine groups is 1. The monoisotopic (exact) mass is 261 g/mol. The van der Waals surface area contributed by atoms with Gasteiger partial charge in [0.2, 0.25) is 0 Å². The first-order valence-electron chi connectivity index (χ1n) is 6.16. The van der Waals surface area contributed by atoms with Crippen LogP contribution in [0.1, 0.15) is 31.1 Å². The van der Waals surface area contributed by atoms with E-state index in [2.05, 4.69) is 10.1 Å². The molecule has 0 aliphatic rings. The Morgan fingerprint density at radius 1 is 1.37 bits per heavy atom. The van der Waals surface area contributed by atoms with Crippen LogP contribution in [0.3, 0.4) is 0 Å². The van der Waals surface area contributed by atoms with E-state index < -0.39 is 5.82 Å². The van der Waals surface area contributed by atoms with E-state index >= 15 is 0 Å². The number of benzene rings is 1. The zero-order chi connectivity index (χ0) is 14.0. The van der Waals surface area contributed by atoms with E-state index in [4.69, 9.17) is 11.1 Å². The van der Waals surface area contributed by atoms with Gasteiger partial charge in [-0.15, -0.1) is 0 Å². The Bertz CT molecular complexity index is 617. The summed E-state index contributed by atoms with van der Waals surface area (Å²) in [5.41, 5.74) is 6.02. The van der Waals surface area contributed by atoms with E-state index in [1.165, 1.54) is 10.7 Å². The normalized spacial score (nSPS) is 10.7. The van der Waals surface area contributed by atoms with E-state index in [0.717, 1.165) is 0 Å². The van der Waals surface area contributed by atoms with Crippen molar-refractivity contribution < 1.29 is 4.39 Å². The number of nitrogen functional groups attached to an aromatic ring is 1. The van der Waals surface area contributed by atoms with Crippen molar-refractivity contribution in [1.29, 1.82) is 5.41 Å². The maximum absolute atomic E-state index is 14.1. The number of nitrogens with one attached hydrogen (secondary N) is 1. The van der Waals surface area contributed by atoms with Crippen LogP contribution in [0.4, 0.5) is 4.39 Å². The molecule has 0 amide bonds. The SMILES string of the molecule is CCc1nc(CC)n(-c2ccc(C(=N)N)cc2F)n1. The number of halogens is 1. The van der Waals surface area contributed by atoms with Crippen LogP contribution in [0, 0.1) is 11.2 Å². The highest BCUT2D eigenvalue weighted by Crippen LogP contribution is 2.17. The minimum Gasteiger partial charge on any atom is -0.384 e. The molecule has 6 heteroatoms. The summed E-state index contributed by atoms with van der Waals surface area (Å²) in [6.45, 7) is 3.90. The molecule has 1 aromatic heterocycles. The third kappa shape index (κ3) is 2.47. The van der Waals surface area contributed by atoms with Crippen molar-refractivity contribution in [2.75, 3.05) is 0 Å². The van der Waals surface area contributed by atoms with Gasteiger partial charge in [0.25, 0.3) is 0 Å². The van der Waals surface area contributed by atoms with Crippen molar-refractivity contribution in [3.63, 3.8) is 0 Å². The molecule has 0 aliphatic heterocycles. The topological polar surface area (TPSA) is 80.6 Å². The molecule has 0 spiro atoms. The maximum atomic E-state index is 14.1. The van der Waals surface area contributed by atoms with Crippen molar-refractivity contribution in [3.05, 3.63) is 41.2 Å². The predicted octanol–water partition coefficient (Wildman–Crippen LogP) is 1.82. The Balaban J connectivity index is 2.52. The lowest BCUT2D eigenvalue weighted by Crippen LogP contribution is -2.12. The van der Waals surface area contributed by atoms with Crippen LogP contribution in [0.5, 0.6) is 0 Å². The van der Waals surface area contributed by atoms with Gasteiger partial charge >= 0.3 is 0 Å². The maximum Gasteiger partial charge on any atom is 0.151 e. The van der Waals surface area contributed by atoms with Crippen LogP contribution in [-0.2, 0) is 12.8 Å². The first-order valence-corrected chi connectivity index (χ1v) is 6.16. The van der Waals surface area contributed by atoms with Gasteiger partial charge in [0, 0.05) is 18.4 Å². The summed E-state index contributed by atoms with van der Waals surface area (Å²) in [5, 5.41) is 11.6. The minimum atomic E-state index is -0.463. The molecule has 0 saturated heterocycles. The van der Waals surface area contributed by atoms with E-state index in [9.17, 15) is 4.39 Å². The summed E-state index contributed by atoms with van der Waals surface area (Å²) in [6.07, 6.45) is 1.37. The number of aryl methyl sites for hydroxylation is 2. The molecule has 0 unspecified atom stereocenters. The first kappa shape index (κ1) is 13.2. The fraction of sp³-hybridized carbons (Fsp3) is 0.308. The molecule has 3 N–H and O–H groups in total. The summed E-state index contributed by atoms with van der Waals surface area (Å²) in [6, 6.07) is 4.41. The Kier molecular flexibility index (Phi) is 3.59. The third-order valence-corrected chi connectivity index (χ3v) is 2.84. The van der Waals surface area contributed by atoms with E-state index in [1.54, 1.807) is 12.1 Å². The molecule has 0 saturated carbocycles. The van der Waals surface area contributed by atoms with Gasteiger partial charge in [0.15, 0.2) is 5.82 Å². The van der Waals surface area contributed by atoms with E-state index in [0.29, 0.717) is 35.7 Å². The quantitative estimate of drug-likeness (QED) is 0.650. The second kappa shape index (κ2) is 5.17. The lowest BCUT2D eigenvalue weighted by atomic mass is 10.2. The summed E-state index contributed by atoms with van der Waals surface area (Å²) >= 11 is 0. The second-order valence-electron chi connectivity index (χ2n) is 4.14. The van der Waals surface area contributed by atoms with Crippen molar-refractivity contribution >= 4 is 5.84 Å². The number of hydrogen-bond acceptors (Lipinski definition) is 3. The van der Waals surface area contributed by atoms with Crippen molar-refractivity contribution in [2.45, 2.75) is 26.7 Å². The van der Waals surface area contributed by atoms with Crippen LogP contribution >= 0.6 is 0 Å². The summed E-state index contributed by atoms with van der Waals surface area (Å²) in [7, 11) is 0. The van der Waals surface area contributed by atoms with E-state index in [-0.39, 0.29) is 5.84 Å². The summed E-state index contributed by atoms with van der Waals surface area (Å²) in [5.74, 6) is 0.780. The van der Waals surface area contributed by atoms with Crippen LogP contribution in [-0.4, -0.2) is 20.6 Å². The molecule has 0 aliphatic carbocycles. The van der Waals surface area contributed by atoms with E-state index in [1.807, 2.05) is 13.8 Å². The second-order valence-corrected chi connectivity index (χ2v) is 4.14. The summed E-state index contributed by atoms with van der Waals surface area (Å²) in [4.78, 5) is 4.34. The lowest BCUT2D eigenvalue weighted by molar-refractivity contribution is 0.605. The first-order chi connectivity index (χ1) is 9.06. The molecule has 1 heterocycles. The van der Waals surface area contributed by atoms with Gasteiger partial charge in [-0.1, -0.05) is 13.8 Å². The molecule has 0 atom stereocenters. The molecule has 0 fully saturated rings. The summed E-state index contributed by atoms with van der Waals surface area (Å²) < 4.78 is 15.6. The standard InChI is InChI=1S/C13H16FN5/c1-3-11-17-12(4-2)19(18-11)10-6-5-8(13(15)16)7-9(10)14/h5-7H,3-4H2,1-2H3,(H3,15,16). The van der Waals surface area contributed by atoms with Crippen LogP contribution in [0.2, 0.25) is 0 Å². The molecule has 100 valence electrons. The number of nitrogens with zero attached hydrogens (tertiary/aromatic N) is 3. The Morgan fingerprint density at radius 2 is 2.11 bits per heavy atom. The lowest BCUT2D eigenvalue weighted by Gasteiger charge is -2.07. The van der Waals surface area contributed by atoms with Gasteiger partial charge in [-0.2, -0.15) is 5.10 Å². The largest absolute Gasteiger partial charge is 0.384 e. The van der Waals surface area contributed by atoms with Gasteiger partial charge in [-0.25, -0.2) is 14.1 Å². The number of hydrogen-bond donors (Lipinski definition) is 2. The third-order valence-electron chi connectivity index (χ3n) is 2.84. The minimum absolute atomic E-state index is 0.158. The molecular formula is C13H16FN5. The molecule has 2 aromatic rings. The molecular weight excluding hydrogens is 245 g/mol. The predicted molar refractivity (Wildman–Crippen MR) is 71.1 cm³/mol. The number of nitrogens with two attached hydrogens (primary N) is 1. The highest BCUT2D eigenvalue weighted by atomic mass is 19.1. The van der Waals surface area contributed by atoms with Gasteiger partial charge in [0.1, 0.15) is 23.2 Å². The Morgan fingerprint density at radius 3 is 2.63 bits per heavy atom. The average Bonchev–Trinajstić information content (AvgIpc) is 2.81. The average molecular weight is 261 g/mol. The van der Waals surface area contributed by atoms with Crippen molar-refractivity contribution in [1.82, 2.24) is 14.8 Å². The van der Waals surface area contributed by atoms with Crippen molar-refractivity contribution in [2.24, 2.45) is 5.73 Å². The molecule has 0 radical (unpaired) electrons. The smallest absolute Gasteiger partial charge is 0.151 e. The molecule has 1 aromatic carbocycles. The van der Waals surface area contributed by atoms with Gasteiger partial charge in [-0.3, -0.25) is 5.41 Å². The van der Waals surface area contributed by atoms with Gasteiger partial charge < -0.3 is 5.73 Å². The van der Waals surface area contributed by atoms with Crippen LogP contribution in [0.25, 0.3) is 5.69 Å². The van der Waals surface area contributed by atoms with Gasteiger partial charge in [-0.05, 0) is 18.2 Å². The molecule has 19 heavy (non-hydrogen) atoms. The number of aromatic nitrogens is 3. The zero-order valence-corrected chi connectivity index (χ0v) is 10.9. The van der Waals surface area contributed by atoms with Crippen LogP contribution < -0.4 is 5.73 Å². The molecule has 2 rings (SSSR count). The fourth-order valence-electron chi connectivity index (χ4n) is 1.81. The Labute approximate surface area is 110 Å². The molecule has 0 bridgehead atoms.